The molecule has 0 aliphatic heterocycles. The van der Waals surface area contributed by atoms with Crippen molar-refractivity contribution >= 4 is 21.6 Å². The summed E-state index contributed by atoms with van der Waals surface area (Å²) >= 11 is 3.50. The lowest BCUT2D eigenvalue weighted by Gasteiger charge is -2.13. The second kappa shape index (κ2) is 6.17. The average Bonchev–Trinajstić information content (AvgIpc) is 2.75. The molecule has 0 aliphatic rings. The fourth-order valence-corrected chi connectivity index (χ4v) is 2.73. The molecule has 6 heteroatoms. The zero-order chi connectivity index (χ0) is 14.7. The van der Waals surface area contributed by atoms with Gasteiger partial charge in [-0.3, -0.25) is 5.10 Å². The molecule has 0 aliphatic carbocycles. The number of ether oxygens (including phenoxy) is 2. The van der Waals surface area contributed by atoms with Gasteiger partial charge >= 0.3 is 0 Å². The van der Waals surface area contributed by atoms with E-state index in [1.54, 1.807) is 14.2 Å². The Bertz CT molecular complexity index is 591. The third-order valence-electron chi connectivity index (χ3n) is 3.09. The number of aromatic nitrogens is 2. The molecule has 0 bridgehead atoms. The Kier molecular flexibility index (Phi) is 4.54. The van der Waals surface area contributed by atoms with Crippen LogP contribution in [-0.2, 0) is 6.54 Å². The number of hydrogen-bond acceptors (Lipinski definition) is 4. The summed E-state index contributed by atoms with van der Waals surface area (Å²) < 4.78 is 11.5. The smallest absolute Gasteiger partial charge is 0.174 e. The highest BCUT2D eigenvalue weighted by Gasteiger charge is 2.11. The summed E-state index contributed by atoms with van der Waals surface area (Å²) in [6.45, 7) is 4.64. The number of anilines is 1. The van der Waals surface area contributed by atoms with E-state index >= 15 is 0 Å². The number of nitrogens with one attached hydrogen (secondary N) is 2. The highest BCUT2D eigenvalue weighted by Crippen LogP contribution is 2.36. The zero-order valence-corrected chi connectivity index (χ0v) is 13.6. The summed E-state index contributed by atoms with van der Waals surface area (Å²) in [5.41, 5.74) is 4.12. The van der Waals surface area contributed by atoms with Gasteiger partial charge < -0.3 is 14.8 Å². The van der Waals surface area contributed by atoms with Crippen LogP contribution in [0.3, 0.4) is 0 Å². The molecule has 0 unspecified atom stereocenters. The average molecular weight is 340 g/mol. The van der Waals surface area contributed by atoms with E-state index in [1.165, 1.54) is 0 Å². The Balaban J connectivity index is 2.20. The summed E-state index contributed by atoms with van der Waals surface area (Å²) in [5, 5.41) is 10.5. The largest absolute Gasteiger partial charge is 0.493 e. The van der Waals surface area contributed by atoms with E-state index in [2.05, 4.69) is 31.4 Å². The molecule has 0 fully saturated rings. The Labute approximate surface area is 126 Å². The molecule has 2 aromatic rings. The normalized spacial score (nSPS) is 10.4. The van der Waals surface area contributed by atoms with Crippen LogP contribution in [0.15, 0.2) is 16.6 Å². The first kappa shape index (κ1) is 14.7. The second-order valence-corrected chi connectivity index (χ2v) is 5.33. The third-order valence-corrected chi connectivity index (χ3v) is 3.68. The first-order valence-electron chi connectivity index (χ1n) is 6.22. The van der Waals surface area contributed by atoms with Gasteiger partial charge in [0.05, 0.1) is 35.8 Å². The van der Waals surface area contributed by atoms with E-state index in [-0.39, 0.29) is 0 Å². The van der Waals surface area contributed by atoms with Crippen molar-refractivity contribution in [3.05, 3.63) is 33.6 Å². The lowest BCUT2D eigenvalue weighted by atomic mass is 10.2. The minimum Gasteiger partial charge on any atom is -0.493 e. The minimum atomic E-state index is 0.681. The Morgan fingerprint density at radius 1 is 1.25 bits per heavy atom. The van der Waals surface area contributed by atoms with Crippen LogP contribution in [0.5, 0.6) is 11.5 Å². The van der Waals surface area contributed by atoms with E-state index in [4.69, 9.17) is 9.47 Å². The van der Waals surface area contributed by atoms with E-state index in [0.717, 1.165) is 27.1 Å². The topological polar surface area (TPSA) is 59.2 Å². The fraction of sp³-hybridized carbons (Fsp3) is 0.357. The molecule has 108 valence electrons. The molecule has 1 aromatic heterocycles. The van der Waals surface area contributed by atoms with Crippen LogP contribution >= 0.6 is 15.9 Å². The molecule has 0 saturated heterocycles. The minimum absolute atomic E-state index is 0.681. The first-order valence-corrected chi connectivity index (χ1v) is 7.02. The predicted octanol–water partition coefficient (Wildman–Crippen LogP) is 3.42. The first-order chi connectivity index (χ1) is 9.56. The Hall–Kier alpha value is -1.69. The molecule has 2 rings (SSSR count). The monoisotopic (exact) mass is 339 g/mol. The van der Waals surface area contributed by atoms with Gasteiger partial charge in [-0.15, -0.1) is 0 Å². The van der Waals surface area contributed by atoms with Crippen molar-refractivity contribution < 1.29 is 9.47 Å². The van der Waals surface area contributed by atoms with Crippen molar-refractivity contribution in [1.82, 2.24) is 10.2 Å². The Morgan fingerprint density at radius 2 is 2.00 bits per heavy atom. The van der Waals surface area contributed by atoms with Crippen LogP contribution in [0, 0.1) is 13.8 Å². The number of benzene rings is 1. The molecule has 1 aromatic carbocycles. The van der Waals surface area contributed by atoms with Crippen LogP contribution < -0.4 is 14.8 Å². The molecular weight excluding hydrogens is 322 g/mol. The van der Waals surface area contributed by atoms with Gasteiger partial charge in [0.25, 0.3) is 0 Å². The van der Waals surface area contributed by atoms with Gasteiger partial charge in [-0.1, -0.05) is 0 Å². The predicted molar refractivity (Wildman–Crippen MR) is 82.6 cm³/mol. The molecule has 0 radical (unpaired) electrons. The molecule has 5 nitrogen and oxygen atoms in total. The van der Waals surface area contributed by atoms with E-state index in [1.807, 2.05) is 26.0 Å². The molecule has 0 spiro atoms. The maximum Gasteiger partial charge on any atom is 0.174 e. The summed E-state index contributed by atoms with van der Waals surface area (Å²) in [6.07, 6.45) is 0. The quantitative estimate of drug-likeness (QED) is 0.876. The van der Waals surface area contributed by atoms with Gasteiger partial charge in [0.2, 0.25) is 0 Å². The van der Waals surface area contributed by atoms with Crippen molar-refractivity contribution in [2.45, 2.75) is 20.4 Å². The lowest BCUT2D eigenvalue weighted by Crippen LogP contribution is -2.02. The van der Waals surface area contributed by atoms with Gasteiger partial charge in [-0.05, 0) is 47.5 Å². The maximum atomic E-state index is 5.34. The highest BCUT2D eigenvalue weighted by atomic mass is 79.9. The van der Waals surface area contributed by atoms with Crippen LogP contribution in [0.4, 0.5) is 5.69 Å². The zero-order valence-electron chi connectivity index (χ0n) is 12.0. The number of aromatic amines is 1. The maximum absolute atomic E-state index is 5.34. The number of hydrogen-bond donors (Lipinski definition) is 2. The molecule has 1 heterocycles. The van der Waals surface area contributed by atoms with Crippen molar-refractivity contribution in [2.75, 3.05) is 19.5 Å². The number of halogens is 1. The molecular formula is C14H18BrN3O2. The summed E-state index contributed by atoms with van der Waals surface area (Å²) in [4.78, 5) is 0. The van der Waals surface area contributed by atoms with Gasteiger partial charge in [-0.2, -0.15) is 5.10 Å². The van der Waals surface area contributed by atoms with Gasteiger partial charge in [0.1, 0.15) is 0 Å². The summed E-state index contributed by atoms with van der Waals surface area (Å²) in [6, 6.07) is 3.97. The SMILES string of the molecule is COc1cc(CNc2c(C)n[nH]c2C)cc(Br)c1OC. The Morgan fingerprint density at radius 3 is 2.55 bits per heavy atom. The molecule has 0 saturated carbocycles. The van der Waals surface area contributed by atoms with Gasteiger partial charge in [0.15, 0.2) is 11.5 Å². The fourth-order valence-electron chi connectivity index (χ4n) is 2.08. The second-order valence-electron chi connectivity index (χ2n) is 4.48. The van der Waals surface area contributed by atoms with Gasteiger partial charge in [0, 0.05) is 6.54 Å². The van der Waals surface area contributed by atoms with Crippen molar-refractivity contribution in [3.8, 4) is 11.5 Å². The van der Waals surface area contributed by atoms with Crippen LogP contribution in [0.2, 0.25) is 0 Å². The van der Waals surface area contributed by atoms with Crippen LogP contribution in [0.1, 0.15) is 17.0 Å². The number of methoxy groups -OCH3 is 2. The molecule has 20 heavy (non-hydrogen) atoms. The standard InChI is InChI=1S/C14H18BrN3O2/c1-8-13(9(2)18-17-8)16-7-10-5-11(15)14(20-4)12(6-10)19-3/h5-6,16H,7H2,1-4H3,(H,17,18). The van der Waals surface area contributed by atoms with Crippen LogP contribution in [-0.4, -0.2) is 24.4 Å². The van der Waals surface area contributed by atoms with Gasteiger partial charge in [-0.25, -0.2) is 0 Å². The van der Waals surface area contributed by atoms with E-state index < -0.39 is 0 Å². The van der Waals surface area contributed by atoms with E-state index in [9.17, 15) is 0 Å². The highest BCUT2D eigenvalue weighted by molar-refractivity contribution is 9.10. The van der Waals surface area contributed by atoms with Crippen molar-refractivity contribution in [3.63, 3.8) is 0 Å². The molecule has 2 N–H and O–H groups in total. The number of nitrogens with zero attached hydrogens (tertiary/aromatic N) is 1. The molecule has 0 amide bonds. The molecule has 0 atom stereocenters. The number of aryl methyl sites for hydroxylation is 2. The number of rotatable bonds is 5. The third kappa shape index (κ3) is 2.90. The summed E-state index contributed by atoms with van der Waals surface area (Å²) in [7, 11) is 3.25. The van der Waals surface area contributed by atoms with Crippen LogP contribution in [0.25, 0.3) is 0 Å². The van der Waals surface area contributed by atoms with E-state index in [0.29, 0.717) is 18.0 Å². The lowest BCUT2D eigenvalue weighted by molar-refractivity contribution is 0.352. The number of H-pyrrole nitrogens is 1. The summed E-state index contributed by atoms with van der Waals surface area (Å²) in [5.74, 6) is 1.41. The van der Waals surface area contributed by atoms with Crippen molar-refractivity contribution in [2.24, 2.45) is 0 Å². The van der Waals surface area contributed by atoms with Crippen molar-refractivity contribution in [1.29, 1.82) is 0 Å².